The molecule has 124 valence electrons. The summed E-state index contributed by atoms with van der Waals surface area (Å²) in [5.41, 5.74) is 2.32. The lowest BCUT2D eigenvalue weighted by molar-refractivity contribution is -0.121. The van der Waals surface area contributed by atoms with E-state index >= 15 is 0 Å². The molecule has 2 aromatic carbocycles. The highest BCUT2D eigenvalue weighted by Crippen LogP contribution is 2.28. The summed E-state index contributed by atoms with van der Waals surface area (Å²) in [6.45, 7) is 1.94. The number of para-hydroxylation sites is 1. The zero-order valence-corrected chi connectivity index (χ0v) is 15.0. The predicted octanol–water partition coefficient (Wildman–Crippen LogP) is 4.02. The highest BCUT2D eigenvalue weighted by molar-refractivity contribution is 9.10. The number of ether oxygens (including phenoxy) is 1. The summed E-state index contributed by atoms with van der Waals surface area (Å²) in [5, 5.41) is 7.84. The van der Waals surface area contributed by atoms with Crippen molar-refractivity contribution in [1.82, 2.24) is 10.5 Å². The molecule has 0 fully saturated rings. The van der Waals surface area contributed by atoms with Crippen LogP contribution in [0.25, 0.3) is 11.0 Å². The maximum Gasteiger partial charge on any atom is 0.226 e. The molecule has 0 unspecified atom stereocenters. The van der Waals surface area contributed by atoms with E-state index in [4.69, 9.17) is 9.26 Å². The smallest absolute Gasteiger partial charge is 0.226 e. The van der Waals surface area contributed by atoms with Crippen molar-refractivity contribution in [3.8, 4) is 5.75 Å². The van der Waals surface area contributed by atoms with Crippen LogP contribution >= 0.6 is 15.9 Å². The second kappa shape index (κ2) is 7.05. The SMILES string of the molecule is COc1ccc([C@H](C)NC(=O)Cc2noc3ccccc23)cc1Br. The van der Waals surface area contributed by atoms with Crippen LogP contribution in [-0.2, 0) is 11.2 Å². The van der Waals surface area contributed by atoms with E-state index in [9.17, 15) is 4.79 Å². The van der Waals surface area contributed by atoms with Gasteiger partial charge in [0.2, 0.25) is 5.91 Å². The number of fused-ring (bicyclic) bond motifs is 1. The Morgan fingerprint density at radius 1 is 1.33 bits per heavy atom. The normalized spacial score (nSPS) is 12.1. The molecule has 5 nitrogen and oxygen atoms in total. The molecule has 0 saturated heterocycles. The van der Waals surface area contributed by atoms with E-state index in [1.807, 2.05) is 49.4 Å². The number of aromatic nitrogens is 1. The molecule has 3 aromatic rings. The number of rotatable bonds is 5. The van der Waals surface area contributed by atoms with Crippen molar-refractivity contribution >= 4 is 32.8 Å². The first-order chi connectivity index (χ1) is 11.6. The Morgan fingerprint density at radius 3 is 2.88 bits per heavy atom. The Morgan fingerprint density at radius 2 is 2.12 bits per heavy atom. The summed E-state index contributed by atoms with van der Waals surface area (Å²) in [6.07, 6.45) is 0.179. The fourth-order valence-electron chi connectivity index (χ4n) is 2.55. The Bertz CT molecular complexity index is 876. The molecule has 24 heavy (non-hydrogen) atoms. The minimum absolute atomic E-state index is 0.103. The van der Waals surface area contributed by atoms with Crippen molar-refractivity contribution in [2.24, 2.45) is 0 Å². The first-order valence-electron chi connectivity index (χ1n) is 7.54. The lowest BCUT2D eigenvalue weighted by Crippen LogP contribution is -2.28. The van der Waals surface area contributed by atoms with Gasteiger partial charge in [0.1, 0.15) is 11.4 Å². The van der Waals surface area contributed by atoms with Gasteiger partial charge in [-0.2, -0.15) is 0 Å². The largest absolute Gasteiger partial charge is 0.496 e. The number of benzene rings is 2. The molecule has 0 saturated carbocycles. The van der Waals surface area contributed by atoms with E-state index in [-0.39, 0.29) is 18.4 Å². The fraction of sp³-hybridized carbons (Fsp3) is 0.222. The second-order valence-corrected chi connectivity index (χ2v) is 6.34. The van der Waals surface area contributed by atoms with E-state index in [1.54, 1.807) is 7.11 Å². The zero-order chi connectivity index (χ0) is 17.1. The van der Waals surface area contributed by atoms with E-state index in [0.29, 0.717) is 11.3 Å². The quantitative estimate of drug-likeness (QED) is 0.716. The number of nitrogens with zero attached hydrogens (tertiary/aromatic N) is 1. The molecule has 1 aromatic heterocycles. The van der Waals surface area contributed by atoms with E-state index < -0.39 is 0 Å². The zero-order valence-electron chi connectivity index (χ0n) is 13.4. The van der Waals surface area contributed by atoms with Crippen LogP contribution in [0, 0.1) is 0 Å². The van der Waals surface area contributed by atoms with Crippen LogP contribution in [0.3, 0.4) is 0 Å². The van der Waals surface area contributed by atoms with Crippen LogP contribution in [0.15, 0.2) is 51.5 Å². The molecule has 1 heterocycles. The molecular weight excluding hydrogens is 372 g/mol. The lowest BCUT2D eigenvalue weighted by atomic mass is 10.1. The molecular formula is C18H17BrN2O3. The first kappa shape index (κ1) is 16.5. The fourth-order valence-corrected chi connectivity index (χ4v) is 3.10. The molecule has 0 radical (unpaired) electrons. The standard InChI is InChI=1S/C18H17BrN2O3/c1-11(12-7-8-17(23-2)14(19)9-12)20-18(22)10-15-13-5-3-4-6-16(13)24-21-15/h3-9,11H,10H2,1-2H3,(H,20,22)/t11-/m0/s1. The van der Waals surface area contributed by atoms with Crippen LogP contribution in [0.5, 0.6) is 5.75 Å². The molecule has 0 spiro atoms. The van der Waals surface area contributed by atoms with Gasteiger partial charge >= 0.3 is 0 Å². The minimum Gasteiger partial charge on any atom is -0.496 e. The number of methoxy groups -OCH3 is 1. The van der Waals surface area contributed by atoms with Crippen LogP contribution in [0.4, 0.5) is 0 Å². The van der Waals surface area contributed by atoms with E-state index in [0.717, 1.165) is 21.2 Å². The Labute approximate surface area is 148 Å². The maximum atomic E-state index is 12.3. The van der Waals surface area contributed by atoms with E-state index in [1.165, 1.54) is 0 Å². The number of carbonyl (C=O) groups is 1. The first-order valence-corrected chi connectivity index (χ1v) is 8.34. The number of amides is 1. The lowest BCUT2D eigenvalue weighted by Gasteiger charge is -2.15. The summed E-state index contributed by atoms with van der Waals surface area (Å²) in [7, 11) is 1.62. The Balaban J connectivity index is 1.69. The van der Waals surface area contributed by atoms with Gasteiger partial charge in [-0.3, -0.25) is 4.79 Å². The van der Waals surface area contributed by atoms with Crippen LogP contribution in [-0.4, -0.2) is 18.2 Å². The van der Waals surface area contributed by atoms with Crippen LogP contribution < -0.4 is 10.1 Å². The molecule has 0 aliphatic rings. The van der Waals surface area contributed by atoms with Gasteiger partial charge in [-0.1, -0.05) is 23.4 Å². The van der Waals surface area contributed by atoms with Crippen molar-refractivity contribution in [2.45, 2.75) is 19.4 Å². The highest BCUT2D eigenvalue weighted by atomic mass is 79.9. The number of nitrogens with one attached hydrogen (secondary N) is 1. The Hall–Kier alpha value is -2.34. The third-order valence-corrected chi connectivity index (χ3v) is 4.45. The summed E-state index contributed by atoms with van der Waals surface area (Å²) >= 11 is 3.46. The molecule has 0 aliphatic heterocycles. The minimum atomic E-state index is -0.127. The monoisotopic (exact) mass is 388 g/mol. The van der Waals surface area contributed by atoms with Crippen molar-refractivity contribution in [3.05, 3.63) is 58.2 Å². The van der Waals surface area contributed by atoms with Crippen LogP contribution in [0.2, 0.25) is 0 Å². The molecule has 0 bridgehead atoms. The number of carbonyl (C=O) groups excluding carboxylic acids is 1. The summed E-state index contributed by atoms with van der Waals surface area (Å²) < 4.78 is 11.3. The third-order valence-electron chi connectivity index (χ3n) is 3.83. The van der Waals surface area contributed by atoms with Crippen molar-refractivity contribution < 1.29 is 14.1 Å². The number of hydrogen-bond acceptors (Lipinski definition) is 4. The van der Waals surface area contributed by atoms with Gasteiger partial charge in [0.25, 0.3) is 0 Å². The molecule has 1 N–H and O–H groups in total. The van der Waals surface area contributed by atoms with E-state index in [2.05, 4.69) is 26.4 Å². The molecule has 1 atom stereocenters. The summed E-state index contributed by atoms with van der Waals surface area (Å²) in [6, 6.07) is 13.1. The topological polar surface area (TPSA) is 64.4 Å². The Kier molecular flexibility index (Phi) is 4.85. The van der Waals surface area contributed by atoms with Gasteiger partial charge in [0.15, 0.2) is 5.58 Å². The van der Waals surface area contributed by atoms with Crippen LogP contribution in [0.1, 0.15) is 24.2 Å². The third kappa shape index (κ3) is 3.43. The van der Waals surface area contributed by atoms with Crippen molar-refractivity contribution in [3.63, 3.8) is 0 Å². The number of halogens is 1. The van der Waals surface area contributed by atoms with Gasteiger partial charge in [-0.25, -0.2) is 0 Å². The van der Waals surface area contributed by atoms with Gasteiger partial charge < -0.3 is 14.6 Å². The molecule has 1 amide bonds. The molecule has 6 heteroatoms. The van der Waals surface area contributed by atoms with Crippen molar-refractivity contribution in [2.75, 3.05) is 7.11 Å². The molecule has 0 aliphatic carbocycles. The molecule has 3 rings (SSSR count). The van der Waals surface area contributed by atoms with Gasteiger partial charge in [-0.05, 0) is 52.7 Å². The van der Waals surface area contributed by atoms with Gasteiger partial charge in [0.05, 0.1) is 24.0 Å². The van der Waals surface area contributed by atoms with Gasteiger partial charge in [-0.15, -0.1) is 0 Å². The average molecular weight is 389 g/mol. The predicted molar refractivity (Wildman–Crippen MR) is 95.0 cm³/mol. The van der Waals surface area contributed by atoms with Gasteiger partial charge in [0, 0.05) is 5.39 Å². The number of hydrogen-bond donors (Lipinski definition) is 1. The summed E-state index contributed by atoms with van der Waals surface area (Å²) in [4.78, 5) is 12.3. The maximum absolute atomic E-state index is 12.3. The average Bonchev–Trinajstić information content (AvgIpc) is 2.97. The second-order valence-electron chi connectivity index (χ2n) is 5.49. The highest BCUT2D eigenvalue weighted by Gasteiger charge is 2.15. The summed E-state index contributed by atoms with van der Waals surface area (Å²) in [5.74, 6) is 0.653. The van der Waals surface area contributed by atoms with Crippen molar-refractivity contribution in [1.29, 1.82) is 0 Å².